The first-order valence-electron chi connectivity index (χ1n) is 6.59. The van der Waals surface area contributed by atoms with E-state index in [1.807, 2.05) is 55.5 Å². The van der Waals surface area contributed by atoms with Crippen LogP contribution in [0.15, 0.2) is 51.7 Å². The Labute approximate surface area is 140 Å². The Hall–Kier alpha value is -2.16. The summed E-state index contributed by atoms with van der Waals surface area (Å²) in [6, 6.07) is 15.4. The summed E-state index contributed by atoms with van der Waals surface area (Å²) in [6.45, 7) is 2.00. The van der Waals surface area contributed by atoms with E-state index in [0.29, 0.717) is 11.3 Å². The number of aromatic nitrogens is 1. The van der Waals surface area contributed by atoms with Gasteiger partial charge in [0, 0.05) is 25.5 Å². The molecule has 0 fully saturated rings. The monoisotopic (exact) mass is 370 g/mol. The summed E-state index contributed by atoms with van der Waals surface area (Å²) in [5.41, 5.74) is 2.08. The van der Waals surface area contributed by atoms with Gasteiger partial charge in [-0.1, -0.05) is 30.3 Å². The van der Waals surface area contributed by atoms with Crippen molar-refractivity contribution in [3.63, 3.8) is 0 Å². The topological polar surface area (TPSA) is 56.6 Å². The average molecular weight is 371 g/mol. The SMILES string of the molecule is Cc1sc(-c2cc(-c3ccccc3)[nH]c(=O)c2C#N)cc1Br. The minimum Gasteiger partial charge on any atom is -0.321 e. The molecule has 3 rings (SSSR count). The second-order valence-electron chi connectivity index (χ2n) is 4.79. The summed E-state index contributed by atoms with van der Waals surface area (Å²) in [6.07, 6.45) is 0. The van der Waals surface area contributed by atoms with Gasteiger partial charge in [0.25, 0.3) is 5.56 Å². The molecule has 22 heavy (non-hydrogen) atoms. The number of hydrogen-bond acceptors (Lipinski definition) is 3. The van der Waals surface area contributed by atoms with Gasteiger partial charge in [0.1, 0.15) is 11.6 Å². The van der Waals surface area contributed by atoms with Gasteiger partial charge in [-0.15, -0.1) is 11.3 Å². The number of thiophene rings is 1. The second-order valence-corrected chi connectivity index (χ2v) is 6.90. The molecular formula is C17H11BrN2OS. The summed E-state index contributed by atoms with van der Waals surface area (Å²) in [5.74, 6) is 0. The van der Waals surface area contributed by atoms with Crippen LogP contribution in [0.1, 0.15) is 10.4 Å². The molecule has 3 nitrogen and oxygen atoms in total. The molecule has 0 spiro atoms. The molecule has 0 radical (unpaired) electrons. The Morgan fingerprint density at radius 1 is 1.23 bits per heavy atom. The Bertz CT molecular complexity index is 916. The van der Waals surface area contributed by atoms with Crippen LogP contribution < -0.4 is 5.56 Å². The van der Waals surface area contributed by atoms with E-state index in [4.69, 9.17) is 0 Å². The van der Waals surface area contributed by atoms with Crippen molar-refractivity contribution in [3.05, 3.63) is 67.7 Å². The highest BCUT2D eigenvalue weighted by Crippen LogP contribution is 2.36. The van der Waals surface area contributed by atoms with Crippen LogP contribution in [0, 0.1) is 18.3 Å². The van der Waals surface area contributed by atoms with Crippen LogP contribution in [-0.2, 0) is 0 Å². The molecule has 2 aromatic heterocycles. The molecule has 1 N–H and O–H groups in total. The Morgan fingerprint density at radius 2 is 1.95 bits per heavy atom. The van der Waals surface area contributed by atoms with Crippen molar-refractivity contribution in [2.75, 3.05) is 0 Å². The van der Waals surface area contributed by atoms with Crippen molar-refractivity contribution in [3.8, 4) is 27.8 Å². The zero-order valence-corrected chi connectivity index (χ0v) is 14.1. The maximum absolute atomic E-state index is 12.2. The standard InChI is InChI=1S/C17H11BrN2OS/c1-10-14(18)8-16(22-10)12-7-15(11-5-3-2-4-6-11)20-17(21)13(12)9-19/h2-8H,1H3,(H,20,21). The van der Waals surface area contributed by atoms with E-state index in [-0.39, 0.29) is 11.1 Å². The molecule has 0 unspecified atom stereocenters. The fourth-order valence-corrected chi connectivity index (χ4v) is 3.79. The average Bonchev–Trinajstić information content (AvgIpc) is 2.86. The number of nitriles is 1. The zero-order valence-electron chi connectivity index (χ0n) is 11.7. The first-order chi connectivity index (χ1) is 10.6. The molecule has 0 aliphatic heterocycles. The summed E-state index contributed by atoms with van der Waals surface area (Å²) < 4.78 is 0.984. The van der Waals surface area contributed by atoms with E-state index in [0.717, 1.165) is 19.8 Å². The predicted octanol–water partition coefficient (Wildman–Crippen LogP) is 4.71. The van der Waals surface area contributed by atoms with Gasteiger partial charge in [-0.3, -0.25) is 4.79 Å². The zero-order chi connectivity index (χ0) is 15.7. The van der Waals surface area contributed by atoms with Crippen LogP contribution in [0.3, 0.4) is 0 Å². The molecule has 0 amide bonds. The third-order valence-corrected chi connectivity index (χ3v) is 5.52. The van der Waals surface area contributed by atoms with Crippen molar-refractivity contribution >= 4 is 27.3 Å². The van der Waals surface area contributed by atoms with Crippen molar-refractivity contribution < 1.29 is 0 Å². The lowest BCUT2D eigenvalue weighted by Gasteiger charge is -2.06. The number of aryl methyl sites for hydroxylation is 1. The van der Waals surface area contributed by atoms with Gasteiger partial charge in [0.2, 0.25) is 0 Å². The smallest absolute Gasteiger partial charge is 0.267 e. The number of nitrogens with zero attached hydrogens (tertiary/aromatic N) is 1. The molecule has 0 saturated heterocycles. The van der Waals surface area contributed by atoms with E-state index in [1.54, 1.807) is 11.3 Å². The minimum absolute atomic E-state index is 0.147. The van der Waals surface area contributed by atoms with E-state index < -0.39 is 0 Å². The molecular weight excluding hydrogens is 360 g/mol. The van der Waals surface area contributed by atoms with Crippen LogP contribution in [0.2, 0.25) is 0 Å². The summed E-state index contributed by atoms with van der Waals surface area (Å²) in [7, 11) is 0. The second kappa shape index (κ2) is 5.91. The first kappa shape index (κ1) is 14.8. The number of aromatic amines is 1. The third kappa shape index (κ3) is 2.63. The van der Waals surface area contributed by atoms with Crippen LogP contribution in [0.4, 0.5) is 0 Å². The molecule has 0 saturated carbocycles. The Kier molecular flexibility index (Phi) is 3.97. The molecule has 3 aromatic rings. The summed E-state index contributed by atoms with van der Waals surface area (Å²) >= 11 is 5.04. The fraction of sp³-hybridized carbons (Fsp3) is 0.0588. The Morgan fingerprint density at radius 3 is 2.55 bits per heavy atom. The molecule has 0 aliphatic carbocycles. The molecule has 108 valence electrons. The van der Waals surface area contributed by atoms with Gasteiger partial charge < -0.3 is 4.98 Å². The number of H-pyrrole nitrogens is 1. The highest BCUT2D eigenvalue weighted by Gasteiger charge is 2.15. The van der Waals surface area contributed by atoms with Crippen LogP contribution in [0.25, 0.3) is 21.7 Å². The maximum Gasteiger partial charge on any atom is 0.267 e. The van der Waals surface area contributed by atoms with Gasteiger partial charge in [0.05, 0.1) is 0 Å². The molecule has 0 aliphatic rings. The molecule has 0 atom stereocenters. The number of rotatable bonds is 2. The lowest BCUT2D eigenvalue weighted by atomic mass is 10.0. The van der Waals surface area contributed by atoms with E-state index in [2.05, 4.69) is 20.9 Å². The lowest BCUT2D eigenvalue weighted by molar-refractivity contribution is 1.22. The number of benzene rings is 1. The summed E-state index contributed by atoms with van der Waals surface area (Å²) in [4.78, 5) is 17.1. The molecule has 0 bridgehead atoms. The number of pyridine rings is 1. The van der Waals surface area contributed by atoms with Crippen molar-refractivity contribution in [1.82, 2.24) is 4.98 Å². The number of nitrogens with one attached hydrogen (secondary N) is 1. The van der Waals surface area contributed by atoms with E-state index >= 15 is 0 Å². The van der Waals surface area contributed by atoms with Gasteiger partial charge in [0.15, 0.2) is 0 Å². The first-order valence-corrected chi connectivity index (χ1v) is 8.20. The minimum atomic E-state index is -0.360. The predicted molar refractivity (Wildman–Crippen MR) is 93.0 cm³/mol. The van der Waals surface area contributed by atoms with Gasteiger partial charge in [-0.05, 0) is 40.5 Å². The van der Waals surface area contributed by atoms with Gasteiger partial charge >= 0.3 is 0 Å². The molecule has 5 heteroatoms. The van der Waals surface area contributed by atoms with Crippen molar-refractivity contribution in [2.45, 2.75) is 6.92 Å². The van der Waals surface area contributed by atoms with Crippen LogP contribution in [-0.4, -0.2) is 4.98 Å². The fourth-order valence-electron chi connectivity index (χ4n) is 2.23. The third-order valence-electron chi connectivity index (χ3n) is 3.35. The van der Waals surface area contributed by atoms with Crippen molar-refractivity contribution in [1.29, 1.82) is 5.26 Å². The van der Waals surface area contributed by atoms with Crippen LogP contribution >= 0.6 is 27.3 Å². The number of halogens is 1. The van der Waals surface area contributed by atoms with Crippen LogP contribution in [0.5, 0.6) is 0 Å². The maximum atomic E-state index is 12.2. The normalized spacial score (nSPS) is 10.4. The Balaban J connectivity index is 2.27. The summed E-state index contributed by atoms with van der Waals surface area (Å²) in [5, 5.41) is 9.32. The highest BCUT2D eigenvalue weighted by molar-refractivity contribution is 9.10. The number of hydrogen-bond donors (Lipinski definition) is 1. The quantitative estimate of drug-likeness (QED) is 0.709. The van der Waals surface area contributed by atoms with E-state index in [1.165, 1.54) is 0 Å². The highest BCUT2D eigenvalue weighted by atomic mass is 79.9. The van der Waals surface area contributed by atoms with Gasteiger partial charge in [-0.2, -0.15) is 5.26 Å². The van der Waals surface area contributed by atoms with Crippen molar-refractivity contribution in [2.24, 2.45) is 0 Å². The van der Waals surface area contributed by atoms with Gasteiger partial charge in [-0.25, -0.2) is 0 Å². The molecule has 1 aromatic carbocycles. The van der Waals surface area contributed by atoms with E-state index in [9.17, 15) is 10.1 Å². The largest absolute Gasteiger partial charge is 0.321 e. The molecule has 2 heterocycles. The lowest BCUT2D eigenvalue weighted by Crippen LogP contribution is -2.12.